The fraction of sp³-hybridized carbons (Fsp3) is 0.333. The predicted molar refractivity (Wildman–Crippen MR) is 72.8 cm³/mol. The lowest BCUT2D eigenvalue weighted by Crippen LogP contribution is -2.42. The quantitative estimate of drug-likeness (QED) is 0.882. The molecule has 1 aromatic carbocycles. The van der Waals surface area contributed by atoms with Gasteiger partial charge in [0.2, 0.25) is 0 Å². The molecule has 0 unspecified atom stereocenters. The number of nitrogens with zero attached hydrogens (tertiary/aromatic N) is 1. The van der Waals surface area contributed by atoms with Gasteiger partial charge in [-0.1, -0.05) is 29.3 Å². The smallest absolute Gasteiger partial charge is 0.326 e. The highest BCUT2D eigenvalue weighted by Gasteiger charge is 2.34. The molecule has 1 aliphatic heterocycles. The molecule has 2 amide bonds. The van der Waals surface area contributed by atoms with Crippen LogP contribution in [0.15, 0.2) is 18.2 Å². The number of urea groups is 1. The van der Waals surface area contributed by atoms with Gasteiger partial charge in [0, 0.05) is 6.54 Å². The van der Waals surface area contributed by atoms with Gasteiger partial charge in [-0.25, -0.2) is 9.59 Å². The van der Waals surface area contributed by atoms with Crippen molar-refractivity contribution in [2.45, 2.75) is 18.9 Å². The van der Waals surface area contributed by atoms with Crippen LogP contribution in [0.3, 0.4) is 0 Å². The molecule has 5 nitrogen and oxygen atoms in total. The van der Waals surface area contributed by atoms with Gasteiger partial charge in [-0.3, -0.25) is 0 Å². The van der Waals surface area contributed by atoms with E-state index in [4.69, 9.17) is 28.3 Å². The first-order valence-corrected chi connectivity index (χ1v) is 6.50. The molecule has 19 heavy (non-hydrogen) atoms. The number of amides is 2. The molecule has 7 heteroatoms. The molecule has 1 saturated heterocycles. The van der Waals surface area contributed by atoms with Gasteiger partial charge in [0.25, 0.3) is 0 Å². The van der Waals surface area contributed by atoms with Crippen molar-refractivity contribution in [2.24, 2.45) is 0 Å². The van der Waals surface area contributed by atoms with Gasteiger partial charge in [-0.15, -0.1) is 0 Å². The van der Waals surface area contributed by atoms with E-state index in [1.54, 1.807) is 18.2 Å². The lowest BCUT2D eigenvalue weighted by atomic mass is 10.2. The average molecular weight is 303 g/mol. The highest BCUT2D eigenvalue weighted by atomic mass is 35.5. The number of carboxylic acids is 1. The highest BCUT2D eigenvalue weighted by Crippen LogP contribution is 2.30. The molecule has 1 fully saturated rings. The fourth-order valence-electron chi connectivity index (χ4n) is 2.05. The van der Waals surface area contributed by atoms with Gasteiger partial charge in [-0.2, -0.15) is 0 Å². The van der Waals surface area contributed by atoms with Crippen LogP contribution in [-0.4, -0.2) is 34.6 Å². The first kappa shape index (κ1) is 14.0. The third-order valence-corrected chi connectivity index (χ3v) is 3.81. The molecule has 1 aliphatic rings. The summed E-state index contributed by atoms with van der Waals surface area (Å²) in [5.41, 5.74) is 0.371. The van der Waals surface area contributed by atoms with Gasteiger partial charge < -0.3 is 15.3 Å². The molecule has 1 aromatic rings. The van der Waals surface area contributed by atoms with Gasteiger partial charge >= 0.3 is 12.0 Å². The SMILES string of the molecule is O=C(O)[C@H]1CCCN1C(=O)Nc1cccc(Cl)c1Cl. The van der Waals surface area contributed by atoms with E-state index < -0.39 is 18.0 Å². The van der Waals surface area contributed by atoms with Crippen LogP contribution in [0.2, 0.25) is 10.0 Å². The number of halogens is 2. The van der Waals surface area contributed by atoms with E-state index in [-0.39, 0.29) is 5.02 Å². The standard InChI is InChI=1S/C12H12Cl2N2O3/c13-7-3-1-4-8(10(7)14)15-12(19)16-6-2-5-9(16)11(17)18/h1,3-4,9H,2,5-6H2,(H,15,19)(H,17,18)/t9-/m1/s1. The van der Waals surface area contributed by atoms with E-state index in [0.717, 1.165) is 0 Å². The fourth-order valence-corrected chi connectivity index (χ4v) is 2.40. The summed E-state index contributed by atoms with van der Waals surface area (Å²) >= 11 is 11.8. The first-order valence-electron chi connectivity index (χ1n) is 5.75. The van der Waals surface area contributed by atoms with Crippen LogP contribution in [0.4, 0.5) is 10.5 Å². The molecule has 2 rings (SSSR count). The second kappa shape index (κ2) is 5.67. The number of likely N-dealkylation sites (tertiary alicyclic amines) is 1. The van der Waals surface area contributed by atoms with Crippen molar-refractivity contribution in [1.29, 1.82) is 0 Å². The summed E-state index contributed by atoms with van der Waals surface area (Å²) in [6.45, 7) is 0.418. The summed E-state index contributed by atoms with van der Waals surface area (Å²) in [6, 6.07) is 3.61. The molecule has 1 atom stereocenters. The molecule has 2 N–H and O–H groups in total. The van der Waals surface area contributed by atoms with Crippen molar-refractivity contribution in [2.75, 3.05) is 11.9 Å². The van der Waals surface area contributed by atoms with Gasteiger partial charge in [0.1, 0.15) is 6.04 Å². The Morgan fingerprint density at radius 1 is 1.37 bits per heavy atom. The molecular weight excluding hydrogens is 291 g/mol. The van der Waals surface area contributed by atoms with Crippen LogP contribution in [0, 0.1) is 0 Å². The van der Waals surface area contributed by atoms with Gasteiger partial charge in [0.05, 0.1) is 15.7 Å². The Morgan fingerprint density at radius 3 is 2.79 bits per heavy atom. The Kier molecular flexibility index (Phi) is 4.17. The Labute approximate surface area is 120 Å². The number of rotatable bonds is 2. The van der Waals surface area contributed by atoms with Crippen LogP contribution in [0.25, 0.3) is 0 Å². The van der Waals surface area contributed by atoms with Crippen LogP contribution >= 0.6 is 23.2 Å². The van der Waals surface area contributed by atoms with Crippen molar-refractivity contribution >= 4 is 40.9 Å². The minimum absolute atomic E-state index is 0.239. The van der Waals surface area contributed by atoms with E-state index in [0.29, 0.717) is 30.1 Å². The number of hydrogen-bond acceptors (Lipinski definition) is 2. The highest BCUT2D eigenvalue weighted by molar-refractivity contribution is 6.43. The van der Waals surface area contributed by atoms with Crippen molar-refractivity contribution in [3.8, 4) is 0 Å². The van der Waals surface area contributed by atoms with Crippen molar-refractivity contribution in [1.82, 2.24) is 4.90 Å². The monoisotopic (exact) mass is 302 g/mol. The van der Waals surface area contributed by atoms with E-state index in [9.17, 15) is 9.59 Å². The van der Waals surface area contributed by atoms with Crippen molar-refractivity contribution < 1.29 is 14.7 Å². The van der Waals surface area contributed by atoms with E-state index in [2.05, 4.69) is 5.32 Å². The molecule has 0 radical (unpaired) electrons. The zero-order valence-corrected chi connectivity index (χ0v) is 11.4. The molecule has 0 spiro atoms. The normalized spacial score (nSPS) is 18.4. The summed E-state index contributed by atoms with van der Waals surface area (Å²) in [4.78, 5) is 24.4. The third-order valence-electron chi connectivity index (χ3n) is 2.99. The summed E-state index contributed by atoms with van der Waals surface area (Å²) in [5, 5.41) is 12.2. The Balaban J connectivity index is 2.13. The zero-order chi connectivity index (χ0) is 14.0. The number of carbonyl (C=O) groups excluding carboxylic acids is 1. The van der Waals surface area contributed by atoms with E-state index >= 15 is 0 Å². The van der Waals surface area contributed by atoms with E-state index in [1.165, 1.54) is 4.90 Å². The van der Waals surface area contributed by atoms with E-state index in [1.807, 2.05) is 0 Å². The minimum Gasteiger partial charge on any atom is -0.480 e. The Hall–Kier alpha value is -1.46. The molecule has 1 heterocycles. The number of benzene rings is 1. The molecular formula is C12H12Cl2N2O3. The summed E-state index contributed by atoms with van der Waals surface area (Å²) in [6.07, 6.45) is 1.14. The summed E-state index contributed by atoms with van der Waals surface area (Å²) in [7, 11) is 0. The zero-order valence-electron chi connectivity index (χ0n) is 9.90. The second-order valence-electron chi connectivity index (χ2n) is 4.22. The number of anilines is 1. The molecule has 0 aromatic heterocycles. The molecule has 102 valence electrons. The lowest BCUT2D eigenvalue weighted by molar-refractivity contribution is -0.141. The summed E-state index contributed by atoms with van der Waals surface area (Å²) < 4.78 is 0. The average Bonchev–Trinajstić information content (AvgIpc) is 2.84. The Bertz CT molecular complexity index is 522. The maximum absolute atomic E-state index is 12.0. The molecule has 0 saturated carbocycles. The number of carbonyl (C=O) groups is 2. The molecule has 0 aliphatic carbocycles. The van der Waals surface area contributed by atoms with Crippen LogP contribution in [-0.2, 0) is 4.79 Å². The number of carboxylic acid groups (broad SMARTS) is 1. The third kappa shape index (κ3) is 2.93. The largest absolute Gasteiger partial charge is 0.480 e. The maximum Gasteiger partial charge on any atom is 0.326 e. The first-order chi connectivity index (χ1) is 9.00. The minimum atomic E-state index is -0.996. The predicted octanol–water partition coefficient (Wildman–Crippen LogP) is 3.07. The Morgan fingerprint density at radius 2 is 2.11 bits per heavy atom. The van der Waals surface area contributed by atoms with Gasteiger partial charge in [-0.05, 0) is 25.0 Å². The van der Waals surface area contributed by atoms with Crippen LogP contribution in [0.1, 0.15) is 12.8 Å². The second-order valence-corrected chi connectivity index (χ2v) is 5.01. The number of aliphatic carboxylic acids is 1. The lowest BCUT2D eigenvalue weighted by Gasteiger charge is -2.22. The van der Waals surface area contributed by atoms with Gasteiger partial charge in [0.15, 0.2) is 0 Å². The maximum atomic E-state index is 12.0. The van der Waals surface area contributed by atoms with Crippen LogP contribution in [0.5, 0.6) is 0 Å². The number of nitrogens with one attached hydrogen (secondary N) is 1. The number of hydrogen-bond donors (Lipinski definition) is 2. The van der Waals surface area contributed by atoms with Crippen molar-refractivity contribution in [3.63, 3.8) is 0 Å². The summed E-state index contributed by atoms with van der Waals surface area (Å²) in [5.74, 6) is -0.996. The van der Waals surface area contributed by atoms with Crippen molar-refractivity contribution in [3.05, 3.63) is 28.2 Å². The topological polar surface area (TPSA) is 69.6 Å². The van der Waals surface area contributed by atoms with Crippen LogP contribution < -0.4 is 5.32 Å². The molecule has 0 bridgehead atoms.